The van der Waals surface area contributed by atoms with E-state index in [9.17, 15) is 8.42 Å². The highest BCUT2D eigenvalue weighted by atomic mass is 35.5. The number of nitrogens with zero attached hydrogens (tertiary/aromatic N) is 2. The molecule has 0 amide bonds. The van der Waals surface area contributed by atoms with Crippen molar-refractivity contribution >= 4 is 27.3 Å². The van der Waals surface area contributed by atoms with Crippen molar-refractivity contribution in [1.82, 2.24) is 4.31 Å². The van der Waals surface area contributed by atoms with E-state index in [0.717, 1.165) is 11.3 Å². The van der Waals surface area contributed by atoms with E-state index in [1.807, 2.05) is 36.2 Å². The van der Waals surface area contributed by atoms with Crippen molar-refractivity contribution in [3.8, 4) is 5.75 Å². The number of likely N-dealkylation sites (N-methyl/N-ethyl adjacent to an activating group) is 1. The second-order valence-electron chi connectivity index (χ2n) is 5.72. The second kappa shape index (κ2) is 6.63. The van der Waals surface area contributed by atoms with Gasteiger partial charge in [-0.15, -0.1) is 0 Å². The Labute approximate surface area is 147 Å². The molecule has 0 unspecified atom stereocenters. The molecule has 24 heavy (non-hydrogen) atoms. The molecule has 5 nitrogen and oxygen atoms in total. The lowest BCUT2D eigenvalue weighted by Gasteiger charge is -2.20. The number of hydrogen-bond acceptors (Lipinski definition) is 4. The zero-order valence-corrected chi connectivity index (χ0v) is 15.1. The molecule has 0 bridgehead atoms. The predicted octanol–water partition coefficient (Wildman–Crippen LogP) is 2.99. The third-order valence-corrected chi connectivity index (χ3v) is 6.26. The van der Waals surface area contributed by atoms with Crippen molar-refractivity contribution in [1.29, 1.82) is 0 Å². The summed E-state index contributed by atoms with van der Waals surface area (Å²) in [6, 6.07) is 12.4. The minimum absolute atomic E-state index is 0.253. The summed E-state index contributed by atoms with van der Waals surface area (Å²) < 4.78 is 32.8. The van der Waals surface area contributed by atoms with Crippen molar-refractivity contribution in [2.24, 2.45) is 0 Å². The van der Waals surface area contributed by atoms with Crippen LogP contribution in [0.1, 0.15) is 5.56 Å². The molecule has 0 saturated heterocycles. The summed E-state index contributed by atoms with van der Waals surface area (Å²) in [7, 11) is -0.123. The molecule has 0 aliphatic carbocycles. The van der Waals surface area contributed by atoms with Crippen LogP contribution >= 0.6 is 11.6 Å². The van der Waals surface area contributed by atoms with Gasteiger partial charge in [0, 0.05) is 31.7 Å². The van der Waals surface area contributed by atoms with E-state index in [0.29, 0.717) is 30.3 Å². The van der Waals surface area contributed by atoms with E-state index in [4.69, 9.17) is 16.3 Å². The molecule has 128 valence electrons. The molecule has 2 aromatic carbocycles. The fourth-order valence-corrected chi connectivity index (χ4v) is 4.67. The third-order valence-electron chi connectivity index (χ3n) is 4.15. The molecule has 7 heteroatoms. The number of fused-ring (bicyclic) bond motifs is 1. The maximum absolute atomic E-state index is 13.1. The van der Waals surface area contributed by atoms with E-state index in [1.165, 1.54) is 10.4 Å². The average Bonchev–Trinajstić information content (AvgIpc) is 2.66. The molecule has 0 N–H and O–H groups in total. The monoisotopic (exact) mass is 366 g/mol. The Morgan fingerprint density at radius 2 is 1.83 bits per heavy atom. The first-order valence-electron chi connectivity index (χ1n) is 7.55. The summed E-state index contributed by atoms with van der Waals surface area (Å²) in [5.41, 5.74) is 1.59. The average molecular weight is 367 g/mol. The van der Waals surface area contributed by atoms with E-state index in [1.54, 1.807) is 19.2 Å². The van der Waals surface area contributed by atoms with Crippen molar-refractivity contribution in [3.05, 3.63) is 53.1 Å². The first-order chi connectivity index (χ1) is 11.4. The van der Waals surface area contributed by atoms with Gasteiger partial charge in [0.1, 0.15) is 10.6 Å². The zero-order valence-electron chi connectivity index (χ0n) is 13.6. The normalized spacial score (nSPS) is 17.2. The highest BCUT2D eigenvalue weighted by Gasteiger charge is 2.31. The first-order valence-corrected chi connectivity index (χ1v) is 9.37. The summed E-state index contributed by atoms with van der Waals surface area (Å²) in [4.78, 5) is 2.19. The van der Waals surface area contributed by atoms with Crippen LogP contribution in [0, 0.1) is 0 Å². The summed E-state index contributed by atoms with van der Waals surface area (Å²) >= 11 is 6.03. The summed E-state index contributed by atoms with van der Waals surface area (Å²) in [5.74, 6) is 0.745. The molecule has 0 fully saturated rings. The summed E-state index contributed by atoms with van der Waals surface area (Å²) in [6.45, 7) is 1.34. The second-order valence-corrected chi connectivity index (χ2v) is 8.06. The number of anilines is 1. The van der Waals surface area contributed by atoms with Crippen LogP contribution in [0.5, 0.6) is 5.75 Å². The molecular formula is C17H19ClN2O3S. The molecule has 1 aliphatic heterocycles. The van der Waals surface area contributed by atoms with Crippen LogP contribution < -0.4 is 9.64 Å². The number of rotatable bonds is 3. The lowest BCUT2D eigenvalue weighted by atomic mass is 10.2. The van der Waals surface area contributed by atoms with E-state index in [2.05, 4.69) is 0 Å². The predicted molar refractivity (Wildman–Crippen MR) is 95.3 cm³/mol. The zero-order chi connectivity index (χ0) is 17.3. The minimum atomic E-state index is -3.61. The van der Waals surface area contributed by atoms with Gasteiger partial charge >= 0.3 is 0 Å². The molecule has 0 saturated carbocycles. The smallest absolute Gasteiger partial charge is 0.245 e. The number of benzene rings is 2. The molecule has 2 aromatic rings. The minimum Gasteiger partial charge on any atom is -0.497 e. The van der Waals surface area contributed by atoms with Crippen LogP contribution in [0.3, 0.4) is 0 Å². The van der Waals surface area contributed by atoms with E-state index < -0.39 is 10.0 Å². The Morgan fingerprint density at radius 1 is 1.12 bits per heavy atom. The van der Waals surface area contributed by atoms with E-state index >= 15 is 0 Å². The van der Waals surface area contributed by atoms with Crippen LogP contribution in [0.15, 0.2) is 47.4 Å². The SMILES string of the molecule is COc1ccc(CN2CCN(C)c3ccc(Cl)cc3S2(=O)=O)cc1. The Balaban J connectivity index is 1.97. The Bertz CT molecular complexity index is 837. The highest BCUT2D eigenvalue weighted by Crippen LogP contribution is 2.33. The Kier molecular flexibility index (Phi) is 4.71. The number of sulfonamides is 1. The summed E-state index contributed by atoms with van der Waals surface area (Å²) in [6.07, 6.45) is 0. The largest absolute Gasteiger partial charge is 0.497 e. The van der Waals surface area contributed by atoms with Gasteiger partial charge in [-0.1, -0.05) is 23.7 Å². The van der Waals surface area contributed by atoms with Crippen LogP contribution in [-0.4, -0.2) is 40.0 Å². The van der Waals surface area contributed by atoms with Gasteiger partial charge in [-0.3, -0.25) is 0 Å². The molecule has 3 rings (SSSR count). The summed E-state index contributed by atoms with van der Waals surface area (Å²) in [5, 5.41) is 0.414. The Hall–Kier alpha value is -1.76. The molecule has 0 aromatic heterocycles. The third kappa shape index (κ3) is 3.22. The first kappa shape index (κ1) is 17.1. The molecular weight excluding hydrogens is 348 g/mol. The van der Waals surface area contributed by atoms with Gasteiger partial charge in [0.2, 0.25) is 10.0 Å². The fraction of sp³-hybridized carbons (Fsp3) is 0.294. The topological polar surface area (TPSA) is 49.9 Å². The van der Waals surface area contributed by atoms with Crippen molar-refractivity contribution in [3.63, 3.8) is 0 Å². The van der Waals surface area contributed by atoms with Crippen LogP contribution in [-0.2, 0) is 16.6 Å². The van der Waals surface area contributed by atoms with Gasteiger partial charge in [-0.2, -0.15) is 4.31 Å². The molecule has 0 radical (unpaired) electrons. The highest BCUT2D eigenvalue weighted by molar-refractivity contribution is 7.89. The van der Waals surface area contributed by atoms with Crippen molar-refractivity contribution in [2.45, 2.75) is 11.4 Å². The molecule has 0 atom stereocenters. The van der Waals surface area contributed by atoms with Crippen molar-refractivity contribution in [2.75, 3.05) is 32.1 Å². The van der Waals surface area contributed by atoms with Gasteiger partial charge in [0.25, 0.3) is 0 Å². The molecule has 1 aliphatic rings. The van der Waals surface area contributed by atoms with E-state index in [-0.39, 0.29) is 4.90 Å². The number of hydrogen-bond donors (Lipinski definition) is 0. The number of halogens is 1. The van der Waals surface area contributed by atoms with Crippen LogP contribution in [0.25, 0.3) is 0 Å². The lowest BCUT2D eigenvalue weighted by molar-refractivity contribution is 0.410. The van der Waals surface area contributed by atoms with Gasteiger partial charge in [0.15, 0.2) is 0 Å². The number of ether oxygens (including phenoxy) is 1. The van der Waals surface area contributed by atoms with Gasteiger partial charge in [-0.25, -0.2) is 8.42 Å². The lowest BCUT2D eigenvalue weighted by Crippen LogP contribution is -2.33. The van der Waals surface area contributed by atoms with Gasteiger partial charge in [-0.05, 0) is 35.9 Å². The molecule has 1 heterocycles. The van der Waals surface area contributed by atoms with Crippen LogP contribution in [0.2, 0.25) is 5.02 Å². The van der Waals surface area contributed by atoms with Gasteiger partial charge in [0.05, 0.1) is 12.8 Å². The fourth-order valence-electron chi connectivity index (χ4n) is 2.75. The maximum atomic E-state index is 13.1. The quantitative estimate of drug-likeness (QED) is 0.838. The maximum Gasteiger partial charge on any atom is 0.245 e. The Morgan fingerprint density at radius 3 is 2.50 bits per heavy atom. The van der Waals surface area contributed by atoms with Gasteiger partial charge < -0.3 is 9.64 Å². The van der Waals surface area contributed by atoms with Crippen LogP contribution in [0.4, 0.5) is 5.69 Å². The molecule has 0 spiro atoms. The number of methoxy groups -OCH3 is 1. The standard InChI is InChI=1S/C17H19ClN2O3S/c1-19-9-10-20(12-13-3-6-15(23-2)7-4-13)24(21,22)17-11-14(18)5-8-16(17)19/h3-8,11H,9-10,12H2,1-2H3. The van der Waals surface area contributed by atoms with Crippen molar-refractivity contribution < 1.29 is 13.2 Å².